The van der Waals surface area contributed by atoms with Gasteiger partial charge in [-0.2, -0.15) is 0 Å². The predicted octanol–water partition coefficient (Wildman–Crippen LogP) is -0.131. The molecular weight excluding hydrogens is 252 g/mol. The molecule has 1 saturated heterocycles. The lowest BCUT2D eigenvalue weighted by Gasteiger charge is -2.39. The van der Waals surface area contributed by atoms with Gasteiger partial charge in [0.25, 0.3) is 0 Å². The van der Waals surface area contributed by atoms with Gasteiger partial charge in [-0.25, -0.2) is 0 Å². The molecule has 1 heterocycles. The molecule has 5 heteroatoms. The number of rotatable bonds is 6. The first-order chi connectivity index (χ1) is 9.50. The normalized spacial score (nSPS) is 21.4. The Labute approximate surface area is 122 Å². The van der Waals surface area contributed by atoms with Crippen molar-refractivity contribution in [2.45, 2.75) is 38.3 Å². The Morgan fingerprint density at radius 3 is 2.60 bits per heavy atom. The number of amides is 1. The van der Waals surface area contributed by atoms with Crippen LogP contribution in [0.15, 0.2) is 0 Å². The van der Waals surface area contributed by atoms with Gasteiger partial charge in [0.1, 0.15) is 5.54 Å². The number of carbonyl (C=O) groups excluding carboxylic acids is 1. The molecule has 0 aromatic heterocycles. The van der Waals surface area contributed by atoms with Crippen LogP contribution in [0.2, 0.25) is 0 Å². The molecule has 1 aliphatic rings. The molecule has 0 bridgehead atoms. The van der Waals surface area contributed by atoms with E-state index >= 15 is 0 Å². The Morgan fingerprint density at radius 2 is 2.10 bits per heavy atom. The van der Waals surface area contributed by atoms with Crippen molar-refractivity contribution in [2.24, 2.45) is 5.73 Å². The molecule has 20 heavy (non-hydrogen) atoms. The monoisotopic (exact) mass is 280 g/mol. The summed E-state index contributed by atoms with van der Waals surface area (Å²) >= 11 is 0. The zero-order valence-corrected chi connectivity index (χ0v) is 13.0. The number of nitrogens with zero attached hydrogens (tertiary/aromatic N) is 2. The summed E-state index contributed by atoms with van der Waals surface area (Å²) in [5, 5.41) is 3.01. The Bertz CT molecular complexity index is 359. The summed E-state index contributed by atoms with van der Waals surface area (Å²) in [6.07, 6.45) is 7.07. The fraction of sp³-hybridized carbons (Fsp3) is 0.800. The van der Waals surface area contributed by atoms with Crippen molar-refractivity contribution in [1.29, 1.82) is 0 Å². The van der Waals surface area contributed by atoms with Crippen LogP contribution in [0.1, 0.15) is 26.7 Å². The molecule has 0 radical (unpaired) electrons. The Balaban J connectivity index is 2.59. The smallest absolute Gasteiger partial charge is 0.235 e. The maximum absolute atomic E-state index is 12.2. The summed E-state index contributed by atoms with van der Waals surface area (Å²) in [5.41, 5.74) is 5.29. The Hall–Kier alpha value is -1.09. The van der Waals surface area contributed by atoms with Gasteiger partial charge in [0.05, 0.1) is 6.54 Å². The lowest BCUT2D eigenvalue weighted by atomic mass is 9.94. The van der Waals surface area contributed by atoms with E-state index in [9.17, 15) is 4.79 Å². The molecule has 1 atom stereocenters. The molecule has 3 N–H and O–H groups in total. The molecule has 1 aliphatic heterocycles. The Kier molecular flexibility index (Phi) is 6.47. The van der Waals surface area contributed by atoms with Crippen molar-refractivity contribution in [3.63, 3.8) is 0 Å². The van der Waals surface area contributed by atoms with Crippen molar-refractivity contribution in [2.75, 3.05) is 39.8 Å². The maximum Gasteiger partial charge on any atom is 0.235 e. The molecular formula is C15H28N4O. The van der Waals surface area contributed by atoms with Crippen molar-refractivity contribution >= 4 is 5.91 Å². The fourth-order valence-electron chi connectivity index (χ4n) is 2.64. The van der Waals surface area contributed by atoms with E-state index in [0.717, 1.165) is 32.5 Å². The number of hydrogen-bond acceptors (Lipinski definition) is 4. The summed E-state index contributed by atoms with van der Waals surface area (Å²) in [4.78, 5) is 16.6. The molecule has 1 amide bonds. The van der Waals surface area contributed by atoms with Crippen molar-refractivity contribution < 1.29 is 4.79 Å². The third kappa shape index (κ3) is 4.20. The summed E-state index contributed by atoms with van der Waals surface area (Å²) in [6.45, 7) is 7.69. The minimum atomic E-state index is -0.512. The first kappa shape index (κ1) is 17.0. The van der Waals surface area contributed by atoms with E-state index in [0.29, 0.717) is 13.1 Å². The van der Waals surface area contributed by atoms with Crippen LogP contribution in [0.25, 0.3) is 0 Å². The third-order valence-corrected chi connectivity index (χ3v) is 4.29. The molecule has 0 spiro atoms. The van der Waals surface area contributed by atoms with E-state index < -0.39 is 5.54 Å². The number of nitrogens with one attached hydrogen (secondary N) is 1. The van der Waals surface area contributed by atoms with Gasteiger partial charge in [-0.05, 0) is 19.9 Å². The standard InChI is InChI=1S/C15H28N4O/c1-5-15(6-2,7-3)17-14(20)12-19-9-8-18(4)11-13(19)10-16/h1,13H,6-12,16H2,2-4H3,(H,17,20). The molecule has 1 fully saturated rings. The SMILES string of the molecule is C#CC(CC)(CC)NC(=O)CN1CCN(C)CC1CN. The lowest BCUT2D eigenvalue weighted by Crippen LogP contribution is -2.58. The van der Waals surface area contributed by atoms with Gasteiger partial charge in [-0.3, -0.25) is 9.69 Å². The predicted molar refractivity (Wildman–Crippen MR) is 82.2 cm³/mol. The van der Waals surface area contributed by atoms with E-state index in [-0.39, 0.29) is 11.9 Å². The van der Waals surface area contributed by atoms with Gasteiger partial charge in [-0.15, -0.1) is 6.42 Å². The minimum Gasteiger partial charge on any atom is -0.339 e. The van der Waals surface area contributed by atoms with Crippen LogP contribution in [0.3, 0.4) is 0 Å². The highest BCUT2D eigenvalue weighted by Gasteiger charge is 2.29. The number of terminal acetylenes is 1. The topological polar surface area (TPSA) is 61.6 Å². The second-order valence-electron chi connectivity index (χ2n) is 5.60. The quantitative estimate of drug-likeness (QED) is 0.665. The van der Waals surface area contributed by atoms with E-state index in [4.69, 9.17) is 12.2 Å². The summed E-state index contributed by atoms with van der Waals surface area (Å²) < 4.78 is 0. The zero-order chi connectivity index (χ0) is 15.2. The van der Waals surface area contributed by atoms with Crippen molar-refractivity contribution in [3.8, 4) is 12.3 Å². The van der Waals surface area contributed by atoms with Gasteiger partial charge >= 0.3 is 0 Å². The highest BCUT2D eigenvalue weighted by molar-refractivity contribution is 5.79. The molecule has 0 aromatic carbocycles. The van der Waals surface area contributed by atoms with E-state index in [1.165, 1.54) is 0 Å². The molecule has 114 valence electrons. The van der Waals surface area contributed by atoms with Crippen LogP contribution in [-0.4, -0.2) is 67.1 Å². The average Bonchev–Trinajstić information content (AvgIpc) is 2.46. The molecule has 1 rings (SSSR count). The Morgan fingerprint density at radius 1 is 1.45 bits per heavy atom. The van der Waals surface area contributed by atoms with Gasteiger partial charge in [-0.1, -0.05) is 19.8 Å². The fourth-order valence-corrected chi connectivity index (χ4v) is 2.64. The van der Waals surface area contributed by atoms with Crippen LogP contribution in [0, 0.1) is 12.3 Å². The first-order valence-corrected chi connectivity index (χ1v) is 7.41. The van der Waals surface area contributed by atoms with E-state index in [1.807, 2.05) is 13.8 Å². The summed E-state index contributed by atoms with van der Waals surface area (Å²) in [5.74, 6) is 2.73. The number of nitrogens with two attached hydrogens (primary N) is 1. The number of carbonyl (C=O) groups is 1. The van der Waals surface area contributed by atoms with Gasteiger partial charge in [0.2, 0.25) is 5.91 Å². The van der Waals surface area contributed by atoms with Gasteiger partial charge in [0, 0.05) is 32.2 Å². The van der Waals surface area contributed by atoms with Crippen LogP contribution in [0.5, 0.6) is 0 Å². The number of piperazine rings is 1. The molecule has 0 saturated carbocycles. The molecule has 0 aliphatic carbocycles. The second kappa shape index (κ2) is 7.63. The maximum atomic E-state index is 12.2. The second-order valence-corrected chi connectivity index (χ2v) is 5.60. The van der Waals surface area contributed by atoms with Crippen LogP contribution < -0.4 is 11.1 Å². The van der Waals surface area contributed by atoms with Gasteiger partial charge < -0.3 is 16.0 Å². The number of hydrogen-bond donors (Lipinski definition) is 2. The average molecular weight is 280 g/mol. The minimum absolute atomic E-state index is 0.00495. The molecule has 1 unspecified atom stereocenters. The summed E-state index contributed by atoms with van der Waals surface area (Å²) in [6, 6.07) is 0.239. The zero-order valence-electron chi connectivity index (χ0n) is 13.0. The highest BCUT2D eigenvalue weighted by atomic mass is 16.2. The van der Waals surface area contributed by atoms with Gasteiger partial charge in [0.15, 0.2) is 0 Å². The van der Waals surface area contributed by atoms with Crippen LogP contribution in [0.4, 0.5) is 0 Å². The highest BCUT2D eigenvalue weighted by Crippen LogP contribution is 2.14. The molecule has 5 nitrogen and oxygen atoms in total. The third-order valence-electron chi connectivity index (χ3n) is 4.29. The summed E-state index contributed by atoms with van der Waals surface area (Å²) in [7, 11) is 2.08. The van der Waals surface area contributed by atoms with Crippen molar-refractivity contribution in [3.05, 3.63) is 0 Å². The van der Waals surface area contributed by atoms with Crippen LogP contribution in [-0.2, 0) is 4.79 Å². The largest absolute Gasteiger partial charge is 0.339 e. The van der Waals surface area contributed by atoms with E-state index in [2.05, 4.69) is 28.1 Å². The van der Waals surface area contributed by atoms with E-state index in [1.54, 1.807) is 0 Å². The lowest BCUT2D eigenvalue weighted by molar-refractivity contribution is -0.124. The van der Waals surface area contributed by atoms with Crippen molar-refractivity contribution in [1.82, 2.24) is 15.1 Å². The number of likely N-dealkylation sites (N-methyl/N-ethyl adjacent to an activating group) is 1. The molecule has 0 aromatic rings. The van der Waals surface area contributed by atoms with Crippen LogP contribution >= 0.6 is 0 Å². The first-order valence-electron chi connectivity index (χ1n) is 7.41.